The summed E-state index contributed by atoms with van der Waals surface area (Å²) in [5.74, 6) is -2.65. The van der Waals surface area contributed by atoms with E-state index in [0.29, 0.717) is 17.5 Å². The van der Waals surface area contributed by atoms with E-state index in [9.17, 15) is 18.4 Å². The summed E-state index contributed by atoms with van der Waals surface area (Å²) < 4.78 is 26.2. The number of nitrogens with one attached hydrogen (secondary N) is 1. The molecule has 6 nitrogen and oxygen atoms in total. The summed E-state index contributed by atoms with van der Waals surface area (Å²) in [6, 6.07) is 3.95. The lowest BCUT2D eigenvalue weighted by Gasteiger charge is -2.47. The van der Waals surface area contributed by atoms with Crippen molar-refractivity contribution < 1.29 is 18.4 Å². The molecule has 0 saturated carbocycles. The van der Waals surface area contributed by atoms with Gasteiger partial charge in [-0.05, 0) is 31.2 Å². The first-order valence-corrected chi connectivity index (χ1v) is 12.8. The topological polar surface area (TPSA) is 55.9 Å². The number of carbonyl (C=O) groups is 2. The zero-order chi connectivity index (χ0) is 23.0. The van der Waals surface area contributed by atoms with Crippen molar-refractivity contribution in [2.24, 2.45) is 0 Å². The fourth-order valence-corrected chi connectivity index (χ4v) is 5.59. The monoisotopic (exact) mass is 506 g/mol. The second-order valence-electron chi connectivity index (χ2n) is 8.67. The lowest BCUT2D eigenvalue weighted by molar-refractivity contribution is -0.130. The maximum Gasteiger partial charge on any atom is 0.282 e. The lowest BCUT2D eigenvalue weighted by atomic mass is 9.97. The van der Waals surface area contributed by atoms with Crippen molar-refractivity contribution in [2.75, 3.05) is 56.6 Å². The highest BCUT2D eigenvalue weighted by molar-refractivity contribution is 7.99. The first-order chi connectivity index (χ1) is 15.2. The summed E-state index contributed by atoms with van der Waals surface area (Å²) in [5, 5.41) is 3.69. The van der Waals surface area contributed by atoms with E-state index < -0.39 is 24.9 Å². The number of likely N-dealkylation sites (tertiary alicyclic amines) is 3. The standard InChI is InChI=1S/C21H26Cl2F2N4O2S/c1-32-10-18(30)27-4-2-15(3-5-27)28-8-14(9-28)26-13-6-16(22)19(17(23)7-13)20(31)29-11-21(24,25)12-29/h6-7,14-15,26H,2-5,8-12H2,1H3. The molecule has 32 heavy (non-hydrogen) atoms. The van der Waals surface area contributed by atoms with Gasteiger partial charge in [0.2, 0.25) is 5.91 Å². The van der Waals surface area contributed by atoms with Crippen molar-refractivity contribution in [3.8, 4) is 0 Å². The summed E-state index contributed by atoms with van der Waals surface area (Å²) in [7, 11) is 0. The van der Waals surface area contributed by atoms with E-state index in [1.54, 1.807) is 23.9 Å². The number of anilines is 1. The molecular formula is C21H26Cl2F2N4O2S. The quantitative estimate of drug-likeness (QED) is 0.639. The number of halogens is 4. The number of thioether (sulfide) groups is 1. The van der Waals surface area contributed by atoms with Crippen LogP contribution in [0.3, 0.4) is 0 Å². The summed E-state index contributed by atoms with van der Waals surface area (Å²) in [4.78, 5) is 29.9. The molecule has 0 atom stereocenters. The Balaban J connectivity index is 1.27. The Morgan fingerprint density at radius 3 is 2.25 bits per heavy atom. The van der Waals surface area contributed by atoms with Gasteiger partial charge in [-0.3, -0.25) is 14.5 Å². The Morgan fingerprint density at radius 1 is 1.12 bits per heavy atom. The number of alkyl halides is 2. The Hall–Kier alpha value is -1.29. The van der Waals surface area contributed by atoms with Gasteiger partial charge in [0.05, 0.1) is 40.5 Å². The maximum absolute atomic E-state index is 13.1. The third-order valence-corrected chi connectivity index (χ3v) is 7.40. The van der Waals surface area contributed by atoms with Crippen LogP contribution >= 0.6 is 35.0 Å². The molecular weight excluding hydrogens is 481 g/mol. The van der Waals surface area contributed by atoms with Crippen LogP contribution in [0, 0.1) is 0 Å². The van der Waals surface area contributed by atoms with Gasteiger partial charge in [0, 0.05) is 37.9 Å². The first-order valence-electron chi connectivity index (χ1n) is 10.6. The van der Waals surface area contributed by atoms with Crippen molar-refractivity contribution in [2.45, 2.75) is 30.8 Å². The minimum Gasteiger partial charge on any atom is -0.380 e. The zero-order valence-electron chi connectivity index (χ0n) is 17.8. The average molecular weight is 507 g/mol. The van der Waals surface area contributed by atoms with Crippen molar-refractivity contribution in [3.63, 3.8) is 0 Å². The van der Waals surface area contributed by atoms with E-state index in [2.05, 4.69) is 10.2 Å². The molecule has 1 aromatic rings. The molecule has 1 aromatic carbocycles. The van der Waals surface area contributed by atoms with Gasteiger partial charge in [0.15, 0.2) is 0 Å². The molecule has 4 rings (SSSR count). The van der Waals surface area contributed by atoms with E-state index >= 15 is 0 Å². The molecule has 0 aromatic heterocycles. The second-order valence-corrected chi connectivity index (χ2v) is 10.4. The molecule has 3 heterocycles. The normalized spacial score (nSPS) is 21.8. The van der Waals surface area contributed by atoms with E-state index in [1.165, 1.54) is 0 Å². The molecule has 3 aliphatic heterocycles. The number of hydrogen-bond acceptors (Lipinski definition) is 5. The Kier molecular flexibility index (Phi) is 7.10. The van der Waals surface area contributed by atoms with E-state index in [1.807, 2.05) is 11.2 Å². The van der Waals surface area contributed by atoms with Gasteiger partial charge in [0.25, 0.3) is 11.8 Å². The van der Waals surface area contributed by atoms with Crippen LogP contribution < -0.4 is 5.32 Å². The van der Waals surface area contributed by atoms with Crippen molar-refractivity contribution in [1.82, 2.24) is 14.7 Å². The fraction of sp³-hybridized carbons (Fsp3) is 0.619. The van der Waals surface area contributed by atoms with Crippen LogP contribution in [0.2, 0.25) is 10.0 Å². The molecule has 3 aliphatic rings. The number of hydrogen-bond donors (Lipinski definition) is 1. The van der Waals surface area contributed by atoms with E-state index in [4.69, 9.17) is 23.2 Å². The predicted octanol–water partition coefficient (Wildman–Crippen LogP) is 3.53. The van der Waals surface area contributed by atoms with Crippen molar-refractivity contribution in [3.05, 3.63) is 27.7 Å². The summed E-state index contributed by atoms with van der Waals surface area (Å²) >= 11 is 14.1. The van der Waals surface area contributed by atoms with Crippen LogP contribution in [0.4, 0.5) is 14.5 Å². The highest BCUT2D eigenvalue weighted by atomic mass is 35.5. The lowest BCUT2D eigenvalue weighted by Crippen LogP contribution is -2.60. The third kappa shape index (κ3) is 5.11. The van der Waals surface area contributed by atoms with E-state index in [-0.39, 0.29) is 27.6 Å². The molecule has 0 spiro atoms. The highest BCUT2D eigenvalue weighted by Gasteiger charge is 2.47. The minimum atomic E-state index is -2.84. The number of rotatable bonds is 6. The van der Waals surface area contributed by atoms with Gasteiger partial charge in [-0.1, -0.05) is 23.2 Å². The molecule has 0 unspecified atom stereocenters. The van der Waals surface area contributed by atoms with Gasteiger partial charge < -0.3 is 15.1 Å². The van der Waals surface area contributed by atoms with Crippen molar-refractivity contribution >= 4 is 52.5 Å². The molecule has 3 saturated heterocycles. The minimum absolute atomic E-state index is 0.0624. The summed E-state index contributed by atoms with van der Waals surface area (Å²) in [5.41, 5.74) is 0.764. The predicted molar refractivity (Wildman–Crippen MR) is 124 cm³/mol. The number of carbonyl (C=O) groups excluding carboxylic acids is 2. The number of piperidine rings is 1. The number of nitrogens with zero attached hydrogens (tertiary/aromatic N) is 3. The van der Waals surface area contributed by atoms with E-state index in [0.717, 1.165) is 43.9 Å². The third-order valence-electron chi connectivity index (χ3n) is 6.27. The Bertz CT molecular complexity index is 862. The molecule has 2 amide bonds. The largest absolute Gasteiger partial charge is 0.380 e. The molecule has 11 heteroatoms. The molecule has 176 valence electrons. The highest BCUT2D eigenvalue weighted by Crippen LogP contribution is 2.35. The van der Waals surface area contributed by atoms with Gasteiger partial charge in [-0.25, -0.2) is 8.78 Å². The van der Waals surface area contributed by atoms with Gasteiger partial charge in [-0.2, -0.15) is 11.8 Å². The first kappa shape index (κ1) is 23.9. The smallest absolute Gasteiger partial charge is 0.282 e. The van der Waals surface area contributed by atoms with Crippen LogP contribution in [0.1, 0.15) is 23.2 Å². The molecule has 1 N–H and O–H groups in total. The fourth-order valence-electron chi connectivity index (χ4n) is 4.51. The average Bonchev–Trinajstić information content (AvgIpc) is 2.68. The second kappa shape index (κ2) is 9.52. The van der Waals surface area contributed by atoms with Crippen LogP contribution in [0.5, 0.6) is 0 Å². The molecule has 0 radical (unpaired) electrons. The van der Waals surface area contributed by atoms with Gasteiger partial charge in [-0.15, -0.1) is 0 Å². The Morgan fingerprint density at radius 2 is 1.72 bits per heavy atom. The molecule has 3 fully saturated rings. The summed E-state index contributed by atoms with van der Waals surface area (Å²) in [6.07, 6.45) is 3.91. The number of benzene rings is 1. The number of amides is 2. The molecule has 0 aliphatic carbocycles. The SMILES string of the molecule is CSCC(=O)N1CCC(N2CC(Nc3cc(Cl)c(C(=O)N4CC(F)(F)C4)c(Cl)c3)C2)CC1. The van der Waals surface area contributed by atoms with Crippen molar-refractivity contribution in [1.29, 1.82) is 0 Å². The van der Waals surface area contributed by atoms with Crippen LogP contribution in [0.15, 0.2) is 12.1 Å². The molecule has 0 bridgehead atoms. The van der Waals surface area contributed by atoms with Crippen LogP contribution in [-0.2, 0) is 4.79 Å². The van der Waals surface area contributed by atoms with Gasteiger partial charge >= 0.3 is 0 Å². The summed E-state index contributed by atoms with van der Waals surface area (Å²) in [6.45, 7) is 2.15. The van der Waals surface area contributed by atoms with Gasteiger partial charge in [0.1, 0.15) is 0 Å². The Labute approximate surface area is 200 Å². The van der Waals surface area contributed by atoms with Crippen LogP contribution in [0.25, 0.3) is 0 Å². The zero-order valence-corrected chi connectivity index (χ0v) is 20.1. The maximum atomic E-state index is 13.1. The van der Waals surface area contributed by atoms with Crippen LogP contribution in [-0.4, -0.2) is 95.8 Å².